The van der Waals surface area contributed by atoms with Gasteiger partial charge in [0, 0.05) is 34.5 Å². The first-order valence-corrected chi connectivity index (χ1v) is 7.33. The maximum absolute atomic E-state index is 10.7. The number of pyridine rings is 1. The fraction of sp³-hybridized carbons (Fsp3) is 0. The first kappa shape index (κ1) is 13.5. The number of carbonyl (C=O) groups is 1. The standard InChI is InChI=1S/C20H13NO2/c22-13-14-3-5-15(6-4-14)20-11-18-10-16(7-8-19(18)23-20)17-2-1-9-21-12-17/h1-13H. The van der Waals surface area contributed by atoms with Crippen LogP contribution in [0.5, 0.6) is 0 Å². The molecule has 0 saturated heterocycles. The minimum Gasteiger partial charge on any atom is -0.456 e. The van der Waals surface area contributed by atoms with Crippen LogP contribution in [0, 0.1) is 0 Å². The van der Waals surface area contributed by atoms with Gasteiger partial charge in [-0.3, -0.25) is 9.78 Å². The van der Waals surface area contributed by atoms with Crippen molar-refractivity contribution in [1.29, 1.82) is 0 Å². The lowest BCUT2D eigenvalue weighted by Crippen LogP contribution is -1.78. The zero-order valence-electron chi connectivity index (χ0n) is 12.3. The summed E-state index contributed by atoms with van der Waals surface area (Å²) in [6.45, 7) is 0. The van der Waals surface area contributed by atoms with Crippen molar-refractivity contribution in [2.24, 2.45) is 0 Å². The second-order valence-corrected chi connectivity index (χ2v) is 5.34. The Morgan fingerprint density at radius 2 is 1.70 bits per heavy atom. The Hall–Kier alpha value is -3.20. The van der Waals surface area contributed by atoms with Gasteiger partial charge in [0.2, 0.25) is 0 Å². The van der Waals surface area contributed by atoms with Gasteiger partial charge in [0.1, 0.15) is 17.6 Å². The second-order valence-electron chi connectivity index (χ2n) is 5.34. The average molecular weight is 299 g/mol. The Morgan fingerprint density at radius 3 is 2.43 bits per heavy atom. The molecule has 3 nitrogen and oxygen atoms in total. The van der Waals surface area contributed by atoms with Crippen molar-refractivity contribution in [3.63, 3.8) is 0 Å². The number of nitrogens with zero attached hydrogens (tertiary/aromatic N) is 1. The molecule has 3 heteroatoms. The lowest BCUT2D eigenvalue weighted by atomic mass is 10.1. The quantitative estimate of drug-likeness (QED) is 0.501. The number of benzene rings is 2. The van der Waals surface area contributed by atoms with Gasteiger partial charge in [-0.25, -0.2) is 0 Å². The molecule has 0 aliphatic carbocycles. The van der Waals surface area contributed by atoms with Crippen molar-refractivity contribution in [2.75, 3.05) is 0 Å². The highest BCUT2D eigenvalue weighted by molar-refractivity contribution is 5.87. The Labute approximate surface area is 133 Å². The molecule has 0 radical (unpaired) electrons. The van der Waals surface area contributed by atoms with E-state index in [9.17, 15) is 4.79 Å². The molecule has 2 aromatic heterocycles. The van der Waals surface area contributed by atoms with Gasteiger partial charge in [0.05, 0.1) is 0 Å². The highest BCUT2D eigenvalue weighted by Gasteiger charge is 2.08. The van der Waals surface area contributed by atoms with Crippen LogP contribution in [0.15, 0.2) is 77.5 Å². The molecule has 4 aromatic rings. The van der Waals surface area contributed by atoms with E-state index in [-0.39, 0.29) is 0 Å². The van der Waals surface area contributed by atoms with Crippen LogP contribution >= 0.6 is 0 Å². The van der Waals surface area contributed by atoms with E-state index in [1.807, 2.05) is 48.7 Å². The van der Waals surface area contributed by atoms with E-state index in [1.54, 1.807) is 18.3 Å². The van der Waals surface area contributed by atoms with E-state index in [2.05, 4.69) is 11.1 Å². The molecule has 23 heavy (non-hydrogen) atoms. The van der Waals surface area contributed by atoms with E-state index in [0.717, 1.165) is 39.7 Å². The SMILES string of the molecule is O=Cc1ccc(-c2cc3cc(-c4cccnc4)ccc3o2)cc1. The molecule has 4 rings (SSSR count). The van der Waals surface area contributed by atoms with Crippen LogP contribution < -0.4 is 0 Å². The van der Waals surface area contributed by atoms with Crippen molar-refractivity contribution in [1.82, 2.24) is 4.98 Å². The number of hydrogen-bond acceptors (Lipinski definition) is 3. The lowest BCUT2D eigenvalue weighted by molar-refractivity contribution is 0.112. The summed E-state index contributed by atoms with van der Waals surface area (Å²) in [7, 11) is 0. The molecule has 0 atom stereocenters. The second kappa shape index (κ2) is 5.54. The number of hydrogen-bond donors (Lipinski definition) is 0. The summed E-state index contributed by atoms with van der Waals surface area (Å²) in [6, 6.07) is 19.4. The molecule has 0 amide bonds. The average Bonchev–Trinajstić information content (AvgIpc) is 3.06. The Balaban J connectivity index is 1.77. The number of aldehydes is 1. The number of aromatic nitrogens is 1. The third kappa shape index (κ3) is 2.53. The van der Waals surface area contributed by atoms with E-state index in [0.29, 0.717) is 5.56 Å². The fourth-order valence-electron chi connectivity index (χ4n) is 2.62. The summed E-state index contributed by atoms with van der Waals surface area (Å²) >= 11 is 0. The predicted molar refractivity (Wildman–Crippen MR) is 90.3 cm³/mol. The van der Waals surface area contributed by atoms with Crippen LogP contribution in [-0.4, -0.2) is 11.3 Å². The van der Waals surface area contributed by atoms with Crippen LogP contribution in [0.1, 0.15) is 10.4 Å². The third-order valence-corrected chi connectivity index (χ3v) is 3.84. The smallest absolute Gasteiger partial charge is 0.150 e. The predicted octanol–water partition coefficient (Wildman–Crippen LogP) is 4.97. The lowest BCUT2D eigenvalue weighted by Gasteiger charge is -1.99. The summed E-state index contributed by atoms with van der Waals surface area (Å²) in [5.41, 5.74) is 4.63. The summed E-state index contributed by atoms with van der Waals surface area (Å²) < 4.78 is 5.91. The van der Waals surface area contributed by atoms with E-state index in [4.69, 9.17) is 4.42 Å². The highest BCUT2D eigenvalue weighted by Crippen LogP contribution is 2.31. The Morgan fingerprint density at radius 1 is 0.870 bits per heavy atom. The molecule has 0 aliphatic heterocycles. The first-order valence-electron chi connectivity index (χ1n) is 7.33. The van der Waals surface area contributed by atoms with Crippen LogP contribution in [0.3, 0.4) is 0 Å². The highest BCUT2D eigenvalue weighted by atomic mass is 16.3. The van der Waals surface area contributed by atoms with Crippen LogP contribution in [0.2, 0.25) is 0 Å². The summed E-state index contributed by atoms with van der Waals surface area (Å²) in [4.78, 5) is 14.9. The van der Waals surface area contributed by atoms with E-state index in [1.165, 1.54) is 0 Å². The van der Waals surface area contributed by atoms with Gasteiger partial charge in [-0.05, 0) is 29.8 Å². The van der Waals surface area contributed by atoms with Crippen molar-refractivity contribution < 1.29 is 9.21 Å². The zero-order valence-corrected chi connectivity index (χ0v) is 12.3. The van der Waals surface area contributed by atoms with Crippen molar-refractivity contribution in [2.45, 2.75) is 0 Å². The van der Waals surface area contributed by atoms with Gasteiger partial charge in [-0.2, -0.15) is 0 Å². The normalized spacial score (nSPS) is 10.8. The van der Waals surface area contributed by atoms with Gasteiger partial charge in [-0.1, -0.05) is 36.4 Å². The molecule has 110 valence electrons. The molecule has 0 spiro atoms. The van der Waals surface area contributed by atoms with Gasteiger partial charge in [-0.15, -0.1) is 0 Å². The molecule has 0 bridgehead atoms. The number of carbonyl (C=O) groups excluding carboxylic acids is 1. The molecule has 0 fully saturated rings. The number of fused-ring (bicyclic) bond motifs is 1. The van der Waals surface area contributed by atoms with Crippen LogP contribution in [-0.2, 0) is 0 Å². The molecule has 0 saturated carbocycles. The number of furan rings is 1. The largest absolute Gasteiger partial charge is 0.456 e. The maximum atomic E-state index is 10.7. The third-order valence-electron chi connectivity index (χ3n) is 3.84. The maximum Gasteiger partial charge on any atom is 0.150 e. The molecule has 2 heterocycles. The minimum absolute atomic E-state index is 0.656. The van der Waals surface area contributed by atoms with Gasteiger partial charge < -0.3 is 4.42 Å². The molecular weight excluding hydrogens is 286 g/mol. The molecule has 0 unspecified atom stereocenters. The minimum atomic E-state index is 0.656. The van der Waals surface area contributed by atoms with Gasteiger partial charge >= 0.3 is 0 Å². The van der Waals surface area contributed by atoms with Crippen LogP contribution in [0.4, 0.5) is 0 Å². The fourth-order valence-corrected chi connectivity index (χ4v) is 2.62. The van der Waals surface area contributed by atoms with E-state index >= 15 is 0 Å². The monoisotopic (exact) mass is 299 g/mol. The Bertz CT molecular complexity index is 970. The topological polar surface area (TPSA) is 43.1 Å². The Kier molecular flexibility index (Phi) is 3.24. The molecular formula is C20H13NO2. The van der Waals surface area contributed by atoms with Crippen molar-refractivity contribution in [3.05, 3.63) is 78.6 Å². The first-order chi connectivity index (χ1) is 11.3. The zero-order chi connectivity index (χ0) is 15.6. The molecule has 2 aromatic carbocycles. The summed E-state index contributed by atoms with van der Waals surface area (Å²) in [5, 5.41) is 1.04. The van der Waals surface area contributed by atoms with Crippen LogP contribution in [0.25, 0.3) is 33.4 Å². The summed E-state index contributed by atoms with van der Waals surface area (Å²) in [5.74, 6) is 0.792. The van der Waals surface area contributed by atoms with E-state index < -0.39 is 0 Å². The molecule has 0 N–H and O–H groups in total. The van der Waals surface area contributed by atoms with Gasteiger partial charge in [0.25, 0.3) is 0 Å². The molecule has 0 aliphatic rings. The van der Waals surface area contributed by atoms with Crippen molar-refractivity contribution >= 4 is 17.3 Å². The van der Waals surface area contributed by atoms with Crippen molar-refractivity contribution in [3.8, 4) is 22.5 Å². The van der Waals surface area contributed by atoms with Gasteiger partial charge in [0.15, 0.2) is 0 Å². The number of rotatable bonds is 3. The summed E-state index contributed by atoms with van der Waals surface area (Å²) in [6.07, 6.45) is 4.45.